The molecule has 1 N–H and O–H groups in total. The van der Waals surface area contributed by atoms with Crippen LogP contribution in [0.15, 0.2) is 88.6 Å². The first kappa shape index (κ1) is 14.9. The van der Waals surface area contributed by atoms with Gasteiger partial charge in [0.1, 0.15) is 0 Å². The van der Waals surface area contributed by atoms with E-state index in [1.807, 2.05) is 30.7 Å². The van der Waals surface area contributed by atoms with Gasteiger partial charge in [0.15, 0.2) is 18.0 Å². The van der Waals surface area contributed by atoms with Gasteiger partial charge in [-0.05, 0) is 23.8 Å². The van der Waals surface area contributed by atoms with Crippen LogP contribution in [0.2, 0.25) is 0 Å². The minimum atomic E-state index is -0.349. The highest BCUT2D eigenvalue weighted by atomic mass is 16.3. The normalized spacial score (nSPS) is 21.6. The summed E-state index contributed by atoms with van der Waals surface area (Å²) in [4.78, 5) is 0. The fourth-order valence-corrected chi connectivity index (χ4v) is 5.37. The van der Waals surface area contributed by atoms with Crippen LogP contribution in [0.25, 0.3) is 0 Å². The van der Waals surface area contributed by atoms with Gasteiger partial charge in [0.2, 0.25) is 5.69 Å². The maximum Gasteiger partial charge on any atom is 0.232 e. The number of nitrogens with zero attached hydrogens (tertiary/aromatic N) is 1. The molecule has 5 heterocycles. The van der Waals surface area contributed by atoms with Crippen molar-refractivity contribution in [1.82, 2.24) is 0 Å². The fourth-order valence-electron chi connectivity index (χ4n) is 5.37. The van der Waals surface area contributed by atoms with Gasteiger partial charge in [-0.1, -0.05) is 24.3 Å². The van der Waals surface area contributed by atoms with Crippen molar-refractivity contribution in [3.63, 3.8) is 0 Å². The van der Waals surface area contributed by atoms with Crippen LogP contribution in [0.1, 0.15) is 46.3 Å². The molecule has 2 aliphatic heterocycles. The van der Waals surface area contributed by atoms with E-state index in [2.05, 4.69) is 35.0 Å². The molecule has 132 valence electrons. The predicted molar refractivity (Wildman–Crippen MR) is 97.5 cm³/mol. The summed E-state index contributed by atoms with van der Waals surface area (Å²) >= 11 is 0. The van der Waals surface area contributed by atoms with Gasteiger partial charge in [0, 0.05) is 29.2 Å². The van der Waals surface area contributed by atoms with Crippen LogP contribution >= 0.6 is 0 Å². The summed E-state index contributed by atoms with van der Waals surface area (Å²) in [5, 5.41) is 10.9. The highest BCUT2D eigenvalue weighted by Gasteiger charge is 2.61. The zero-order valence-electron chi connectivity index (χ0n) is 14.6. The van der Waals surface area contributed by atoms with Crippen LogP contribution < -0.4 is 4.57 Å². The molecule has 3 aliphatic rings. The smallest absolute Gasteiger partial charge is 0.232 e. The molecule has 7 rings (SSSR count). The van der Waals surface area contributed by atoms with Crippen molar-refractivity contribution in [3.05, 3.63) is 108 Å². The Balaban J connectivity index is 1.75. The van der Waals surface area contributed by atoms with Gasteiger partial charge >= 0.3 is 0 Å². The lowest BCUT2D eigenvalue weighted by Gasteiger charge is -2.48. The number of aromatic hydroxyl groups is 1. The monoisotopic (exact) mass is 356 g/mol. The van der Waals surface area contributed by atoms with E-state index >= 15 is 0 Å². The van der Waals surface area contributed by atoms with Crippen LogP contribution in [0.4, 0.5) is 0 Å². The Morgan fingerprint density at radius 3 is 2.26 bits per heavy atom. The maximum atomic E-state index is 10.9. The molecule has 0 spiro atoms. The summed E-state index contributed by atoms with van der Waals surface area (Å²) in [6, 6.07) is 16.5. The Hall–Kier alpha value is -3.27. The predicted octanol–water partition coefficient (Wildman–Crippen LogP) is 4.29. The maximum absolute atomic E-state index is 10.9. The quantitative estimate of drug-likeness (QED) is 0.545. The first-order chi connectivity index (χ1) is 13.3. The van der Waals surface area contributed by atoms with Crippen LogP contribution in [0, 0.1) is 0 Å². The molecule has 3 aromatic heterocycles. The van der Waals surface area contributed by atoms with Crippen molar-refractivity contribution >= 4 is 0 Å². The molecule has 0 fully saturated rings. The van der Waals surface area contributed by atoms with Crippen LogP contribution in [0.5, 0.6) is 5.75 Å². The summed E-state index contributed by atoms with van der Waals surface area (Å²) in [5.74, 6) is 0.299. The molecule has 1 aliphatic carbocycles. The molecule has 2 bridgehead atoms. The molecule has 4 heteroatoms. The Morgan fingerprint density at radius 2 is 1.59 bits per heavy atom. The Labute approximate surface area is 156 Å². The van der Waals surface area contributed by atoms with Gasteiger partial charge in [0.05, 0.1) is 36.4 Å². The lowest BCUT2D eigenvalue weighted by atomic mass is 9.54. The average molecular weight is 356 g/mol. The second-order valence-electron chi connectivity index (χ2n) is 7.46. The fraction of sp³-hybridized carbons (Fsp3) is 0.174. The lowest BCUT2D eigenvalue weighted by molar-refractivity contribution is -0.732. The van der Waals surface area contributed by atoms with Gasteiger partial charge in [-0.25, -0.2) is 0 Å². The van der Waals surface area contributed by atoms with Crippen molar-refractivity contribution in [3.8, 4) is 5.75 Å². The molecule has 27 heavy (non-hydrogen) atoms. The average Bonchev–Trinajstić information content (AvgIpc) is 3.43. The van der Waals surface area contributed by atoms with Crippen molar-refractivity contribution in [1.29, 1.82) is 0 Å². The van der Waals surface area contributed by atoms with Crippen molar-refractivity contribution < 1.29 is 18.5 Å². The van der Waals surface area contributed by atoms with E-state index in [0.717, 1.165) is 23.2 Å². The number of aromatic nitrogens is 1. The first-order valence-corrected chi connectivity index (χ1v) is 9.18. The van der Waals surface area contributed by atoms with Crippen LogP contribution in [-0.4, -0.2) is 5.11 Å². The van der Waals surface area contributed by atoms with Gasteiger partial charge in [0.25, 0.3) is 0 Å². The van der Waals surface area contributed by atoms with Gasteiger partial charge in [-0.3, -0.25) is 0 Å². The minimum absolute atomic E-state index is 0.0323. The Morgan fingerprint density at radius 1 is 0.889 bits per heavy atom. The van der Waals surface area contributed by atoms with Gasteiger partial charge in [-0.15, -0.1) is 0 Å². The summed E-state index contributed by atoms with van der Waals surface area (Å²) in [6.45, 7) is 0. The first-order valence-electron chi connectivity index (χ1n) is 9.18. The number of fused-ring (bicyclic) bond motifs is 1. The molecular formula is C23H18NO3+. The van der Waals surface area contributed by atoms with Gasteiger partial charge in [-0.2, -0.15) is 4.57 Å². The topological polar surface area (TPSA) is 50.4 Å². The van der Waals surface area contributed by atoms with E-state index in [-0.39, 0.29) is 17.4 Å². The molecule has 4 aromatic rings. The molecular weight excluding hydrogens is 338 g/mol. The van der Waals surface area contributed by atoms with E-state index in [9.17, 15) is 5.11 Å². The van der Waals surface area contributed by atoms with E-state index in [1.165, 1.54) is 11.1 Å². The second kappa shape index (κ2) is 5.13. The molecule has 2 unspecified atom stereocenters. The molecule has 0 radical (unpaired) electrons. The third-order valence-electron chi connectivity index (χ3n) is 6.40. The van der Waals surface area contributed by atoms with E-state index in [0.29, 0.717) is 5.75 Å². The molecule has 4 nitrogen and oxygen atoms in total. The number of furan rings is 2. The lowest BCUT2D eigenvalue weighted by Crippen LogP contribution is -2.59. The van der Waals surface area contributed by atoms with E-state index < -0.39 is 0 Å². The van der Waals surface area contributed by atoms with E-state index in [4.69, 9.17) is 8.83 Å². The molecule has 0 amide bonds. The Kier molecular flexibility index (Phi) is 2.82. The van der Waals surface area contributed by atoms with Crippen molar-refractivity contribution in [2.45, 2.75) is 23.8 Å². The number of pyridine rings is 1. The van der Waals surface area contributed by atoms with E-state index in [1.54, 1.807) is 18.6 Å². The standard InChI is InChI=1S/C23H17NO3/c25-20-6-3-9-24-19-12-23(15-7-10-26-13-15,16-8-11-27-14-16)21(22(20)24)18-5-2-1-4-17(18)19/h1-11,13-14,19,21H,12H2/p+1. The SMILES string of the molecule is Oc1ccc[n+]2c1C1c3ccccc3C2CC1(c1ccoc1)c1ccoc1. The largest absolute Gasteiger partial charge is 0.502 e. The highest BCUT2D eigenvalue weighted by molar-refractivity contribution is 5.55. The molecule has 0 saturated carbocycles. The van der Waals surface area contributed by atoms with Crippen molar-refractivity contribution in [2.75, 3.05) is 0 Å². The van der Waals surface area contributed by atoms with Crippen LogP contribution in [-0.2, 0) is 5.41 Å². The highest BCUT2D eigenvalue weighted by Crippen LogP contribution is 2.60. The molecule has 2 atom stereocenters. The zero-order valence-corrected chi connectivity index (χ0v) is 14.6. The Bertz CT molecular complexity index is 1090. The number of rotatable bonds is 2. The number of benzene rings is 1. The second-order valence-corrected chi connectivity index (χ2v) is 7.46. The zero-order chi connectivity index (χ0) is 18.0. The molecule has 1 aromatic carbocycles. The number of hydrogen-bond donors (Lipinski definition) is 1. The summed E-state index contributed by atoms with van der Waals surface area (Å²) in [5.41, 5.74) is 5.42. The summed E-state index contributed by atoms with van der Waals surface area (Å²) in [7, 11) is 0. The summed E-state index contributed by atoms with van der Waals surface area (Å²) in [6.07, 6.45) is 10.1. The third-order valence-corrected chi connectivity index (χ3v) is 6.40. The minimum Gasteiger partial charge on any atom is -0.502 e. The summed E-state index contributed by atoms with van der Waals surface area (Å²) < 4.78 is 13.2. The molecule has 0 saturated heterocycles. The van der Waals surface area contributed by atoms with Crippen LogP contribution in [0.3, 0.4) is 0 Å². The number of hydrogen-bond acceptors (Lipinski definition) is 3. The third kappa shape index (κ3) is 1.75. The van der Waals surface area contributed by atoms with Crippen molar-refractivity contribution in [2.24, 2.45) is 0 Å². The van der Waals surface area contributed by atoms with Gasteiger partial charge < -0.3 is 13.9 Å².